The van der Waals surface area contributed by atoms with E-state index in [0.29, 0.717) is 19.3 Å². The van der Waals surface area contributed by atoms with Gasteiger partial charge < -0.3 is 10.6 Å². The Bertz CT molecular complexity index is 415. The largest absolute Gasteiger partial charge is 0.354 e. The van der Waals surface area contributed by atoms with E-state index in [1.165, 1.54) is 6.08 Å². The van der Waals surface area contributed by atoms with Gasteiger partial charge in [0.1, 0.15) is 11.6 Å². The van der Waals surface area contributed by atoms with Gasteiger partial charge in [-0.3, -0.25) is 19.2 Å². The molecule has 0 saturated carbocycles. The van der Waals surface area contributed by atoms with E-state index >= 15 is 0 Å². The first-order valence-electron chi connectivity index (χ1n) is 6.82. The molecule has 0 aromatic heterocycles. The molecule has 20 heavy (non-hydrogen) atoms. The molecule has 1 aliphatic heterocycles. The predicted molar refractivity (Wildman–Crippen MR) is 72.9 cm³/mol. The van der Waals surface area contributed by atoms with Crippen LogP contribution in [0.3, 0.4) is 0 Å². The molecule has 1 rings (SSSR count). The van der Waals surface area contributed by atoms with Crippen LogP contribution in [-0.4, -0.2) is 36.5 Å². The Labute approximate surface area is 118 Å². The van der Waals surface area contributed by atoms with Gasteiger partial charge >= 0.3 is 0 Å². The molecule has 6 nitrogen and oxygen atoms in total. The molecule has 1 aliphatic rings. The number of carbonyl (C=O) groups excluding carboxylic acids is 4. The van der Waals surface area contributed by atoms with Crippen molar-refractivity contribution in [2.45, 2.75) is 38.5 Å². The average Bonchev–Trinajstić information content (AvgIpc) is 2.41. The summed E-state index contributed by atoms with van der Waals surface area (Å²) in [6.45, 7) is 0.132. The van der Waals surface area contributed by atoms with E-state index in [2.05, 4.69) is 10.6 Å². The first kappa shape index (κ1) is 16.1. The fraction of sp³-hybridized carbons (Fsp3) is 0.571. The van der Waals surface area contributed by atoms with Crippen LogP contribution in [0.15, 0.2) is 12.2 Å². The molecule has 0 fully saturated rings. The van der Waals surface area contributed by atoms with Crippen LogP contribution in [0.4, 0.5) is 0 Å². The molecular formula is C14H20N2O4. The minimum absolute atomic E-state index is 0.0327. The fourth-order valence-electron chi connectivity index (χ4n) is 1.77. The van der Waals surface area contributed by atoms with E-state index in [4.69, 9.17) is 0 Å². The number of ketones is 2. The van der Waals surface area contributed by atoms with Crippen LogP contribution in [-0.2, 0) is 19.2 Å². The maximum Gasteiger partial charge on any atom is 0.244 e. The summed E-state index contributed by atoms with van der Waals surface area (Å²) in [6.07, 6.45) is 5.47. The number of hydrogen-bond donors (Lipinski definition) is 2. The predicted octanol–water partition coefficient (Wildman–Crippen LogP) is 0.267. The molecule has 110 valence electrons. The minimum Gasteiger partial charge on any atom is -0.354 e. The third-order valence-electron chi connectivity index (χ3n) is 2.93. The summed E-state index contributed by atoms with van der Waals surface area (Å²) in [5.41, 5.74) is 0. The van der Waals surface area contributed by atoms with Crippen LogP contribution in [0, 0.1) is 0 Å². The van der Waals surface area contributed by atoms with Crippen molar-refractivity contribution in [2.24, 2.45) is 0 Å². The number of carbonyl (C=O) groups is 4. The lowest BCUT2D eigenvalue weighted by Crippen LogP contribution is -2.37. The summed E-state index contributed by atoms with van der Waals surface area (Å²) in [6, 6.07) is 0. The Kier molecular flexibility index (Phi) is 7.24. The number of allylic oxidation sites excluding steroid dienone is 1. The van der Waals surface area contributed by atoms with Gasteiger partial charge in [-0.15, -0.1) is 0 Å². The Balaban J connectivity index is 2.50. The molecule has 0 aliphatic carbocycles. The van der Waals surface area contributed by atoms with Crippen molar-refractivity contribution in [1.82, 2.24) is 10.6 Å². The Morgan fingerprint density at radius 1 is 0.850 bits per heavy atom. The average molecular weight is 280 g/mol. The summed E-state index contributed by atoms with van der Waals surface area (Å²) in [5, 5.41) is 4.99. The van der Waals surface area contributed by atoms with Gasteiger partial charge in [0.05, 0.1) is 6.54 Å². The molecule has 1 heterocycles. The lowest BCUT2D eigenvalue weighted by molar-refractivity contribution is -0.125. The summed E-state index contributed by atoms with van der Waals surface area (Å²) in [4.78, 5) is 45.7. The highest BCUT2D eigenvalue weighted by molar-refractivity contribution is 5.91. The van der Waals surface area contributed by atoms with Crippen molar-refractivity contribution in [3.8, 4) is 0 Å². The van der Waals surface area contributed by atoms with E-state index in [9.17, 15) is 19.2 Å². The Hall–Kier alpha value is -1.98. The third-order valence-corrected chi connectivity index (χ3v) is 2.93. The second-order valence-electron chi connectivity index (χ2n) is 4.69. The van der Waals surface area contributed by atoms with Crippen LogP contribution >= 0.6 is 0 Å². The van der Waals surface area contributed by atoms with E-state index in [1.54, 1.807) is 6.08 Å². The maximum atomic E-state index is 11.5. The monoisotopic (exact) mass is 280 g/mol. The summed E-state index contributed by atoms with van der Waals surface area (Å²) < 4.78 is 0. The lowest BCUT2D eigenvalue weighted by Gasteiger charge is -2.06. The lowest BCUT2D eigenvalue weighted by atomic mass is 10.1. The highest BCUT2D eigenvalue weighted by Crippen LogP contribution is 2.04. The molecule has 6 heteroatoms. The maximum absolute atomic E-state index is 11.5. The smallest absolute Gasteiger partial charge is 0.244 e. The summed E-state index contributed by atoms with van der Waals surface area (Å²) in [7, 11) is 0. The second-order valence-corrected chi connectivity index (χ2v) is 4.69. The van der Waals surface area contributed by atoms with Crippen molar-refractivity contribution in [3.05, 3.63) is 12.2 Å². The van der Waals surface area contributed by atoms with Gasteiger partial charge in [-0.2, -0.15) is 0 Å². The molecule has 2 N–H and O–H groups in total. The number of Topliss-reactive ketones (excluding diaryl/α,β-unsaturated/α-hetero) is 2. The highest BCUT2D eigenvalue weighted by atomic mass is 16.2. The van der Waals surface area contributed by atoms with Gasteiger partial charge in [0.2, 0.25) is 11.8 Å². The van der Waals surface area contributed by atoms with E-state index in [0.717, 1.165) is 0 Å². The van der Waals surface area contributed by atoms with Crippen LogP contribution < -0.4 is 10.6 Å². The standard InChI is InChI=1S/C14H20N2O4/c17-11-4-2-1-3-5-13(19)16-10-14(20)15-9-8-12(18)7-6-11/h3,5H,1-2,4,6-10H2,(H,15,20)(H,16,19). The topological polar surface area (TPSA) is 92.3 Å². The molecule has 2 amide bonds. The zero-order valence-electron chi connectivity index (χ0n) is 11.4. The Morgan fingerprint density at radius 3 is 2.30 bits per heavy atom. The molecule has 0 saturated heterocycles. The summed E-state index contributed by atoms with van der Waals surface area (Å²) >= 11 is 0. The second kappa shape index (κ2) is 9.01. The third kappa shape index (κ3) is 7.45. The number of nitrogens with one attached hydrogen (secondary N) is 2. The first-order chi connectivity index (χ1) is 9.58. The van der Waals surface area contributed by atoms with E-state index in [-0.39, 0.29) is 55.7 Å². The molecule has 0 spiro atoms. The minimum atomic E-state index is -0.338. The van der Waals surface area contributed by atoms with E-state index in [1.807, 2.05) is 0 Å². The van der Waals surface area contributed by atoms with Crippen molar-refractivity contribution in [3.63, 3.8) is 0 Å². The van der Waals surface area contributed by atoms with Gasteiger partial charge in [0.25, 0.3) is 0 Å². The van der Waals surface area contributed by atoms with Crippen molar-refractivity contribution >= 4 is 23.4 Å². The van der Waals surface area contributed by atoms with Gasteiger partial charge in [0.15, 0.2) is 0 Å². The number of amides is 2. The van der Waals surface area contributed by atoms with Gasteiger partial charge in [-0.25, -0.2) is 0 Å². The quantitative estimate of drug-likeness (QED) is 0.666. The van der Waals surface area contributed by atoms with Gasteiger partial charge in [-0.05, 0) is 18.9 Å². The van der Waals surface area contributed by atoms with Crippen LogP contribution in [0.25, 0.3) is 0 Å². The molecule has 0 unspecified atom stereocenters. The molecule has 0 aromatic rings. The van der Waals surface area contributed by atoms with Gasteiger partial charge in [-0.1, -0.05) is 6.08 Å². The van der Waals surface area contributed by atoms with Crippen LogP contribution in [0.2, 0.25) is 0 Å². The normalized spacial score (nSPS) is 20.4. The Morgan fingerprint density at radius 2 is 1.55 bits per heavy atom. The molecule has 0 aromatic carbocycles. The SMILES string of the molecule is O=C1CCCC=CC(=O)NCC(=O)NCCC(=O)CC1. The molecular weight excluding hydrogens is 260 g/mol. The first-order valence-corrected chi connectivity index (χ1v) is 6.82. The zero-order chi connectivity index (χ0) is 14.8. The van der Waals surface area contributed by atoms with Crippen molar-refractivity contribution < 1.29 is 19.2 Å². The fourth-order valence-corrected chi connectivity index (χ4v) is 1.77. The van der Waals surface area contributed by atoms with Crippen LogP contribution in [0.5, 0.6) is 0 Å². The van der Waals surface area contributed by atoms with Gasteiger partial charge in [0, 0.05) is 32.2 Å². The van der Waals surface area contributed by atoms with Crippen molar-refractivity contribution in [2.75, 3.05) is 13.1 Å². The molecule has 0 radical (unpaired) electrons. The van der Waals surface area contributed by atoms with E-state index < -0.39 is 0 Å². The number of rotatable bonds is 0. The zero-order valence-corrected chi connectivity index (χ0v) is 11.4. The molecule has 0 bridgehead atoms. The summed E-state index contributed by atoms with van der Waals surface area (Å²) in [5.74, 6) is -0.639. The highest BCUT2D eigenvalue weighted by Gasteiger charge is 2.09. The van der Waals surface area contributed by atoms with Crippen LogP contribution in [0.1, 0.15) is 38.5 Å². The number of hydrogen-bond acceptors (Lipinski definition) is 4. The molecule has 0 atom stereocenters. The van der Waals surface area contributed by atoms with Crippen molar-refractivity contribution in [1.29, 1.82) is 0 Å².